The zero-order valence-electron chi connectivity index (χ0n) is 11.8. The Morgan fingerprint density at radius 3 is 2.19 bits per heavy atom. The van der Waals surface area contributed by atoms with Crippen LogP contribution >= 0.6 is 0 Å². The largest absolute Gasteiger partial charge is 0.386 e. The fourth-order valence-electron chi connectivity index (χ4n) is 2.65. The minimum Gasteiger partial charge on any atom is -0.386 e. The summed E-state index contributed by atoms with van der Waals surface area (Å²) in [5, 5.41) is 0. The molecule has 2 nitrogen and oxygen atoms in total. The molecule has 0 aromatic heterocycles. The number of hydrogen-bond acceptors (Lipinski definition) is 1. The van der Waals surface area contributed by atoms with Crippen LogP contribution in [0.2, 0.25) is 0 Å². The Labute approximate surface area is 125 Å². The van der Waals surface area contributed by atoms with Gasteiger partial charge < -0.3 is 5.73 Å². The first-order valence-electron chi connectivity index (χ1n) is 7.11. The highest BCUT2D eigenvalue weighted by Crippen LogP contribution is 2.34. The van der Waals surface area contributed by atoms with Crippen LogP contribution in [0.15, 0.2) is 90.0 Å². The van der Waals surface area contributed by atoms with E-state index in [0.717, 1.165) is 12.1 Å². The topological polar surface area (TPSA) is 38.4 Å². The summed E-state index contributed by atoms with van der Waals surface area (Å²) in [6, 6.07) is 20.2. The van der Waals surface area contributed by atoms with Gasteiger partial charge in [-0.15, -0.1) is 0 Å². The first-order chi connectivity index (χ1) is 10.3. The molecule has 21 heavy (non-hydrogen) atoms. The van der Waals surface area contributed by atoms with Gasteiger partial charge in [-0.3, -0.25) is 0 Å². The lowest BCUT2D eigenvalue weighted by Crippen LogP contribution is -2.40. The second-order valence-corrected chi connectivity index (χ2v) is 5.16. The molecule has 2 aromatic rings. The average Bonchev–Trinajstić information content (AvgIpc) is 2.57. The monoisotopic (exact) mass is 274 g/mol. The molecule has 0 saturated heterocycles. The molecule has 0 aliphatic heterocycles. The minimum absolute atomic E-state index is 0.355. The zero-order valence-corrected chi connectivity index (χ0v) is 11.8. The Kier molecular flexibility index (Phi) is 3.69. The molecule has 104 valence electrons. The molecule has 2 heteroatoms. The third-order valence-electron chi connectivity index (χ3n) is 3.82. The fourth-order valence-corrected chi connectivity index (χ4v) is 2.65. The third kappa shape index (κ3) is 2.65. The molecule has 0 fully saturated rings. The van der Waals surface area contributed by atoms with Gasteiger partial charge >= 0.3 is 0 Å². The van der Waals surface area contributed by atoms with Crippen molar-refractivity contribution < 1.29 is 0 Å². The first kappa shape index (κ1) is 13.4. The van der Waals surface area contributed by atoms with Gasteiger partial charge in [0.2, 0.25) is 0 Å². The number of hydrogen-bond donors (Lipinski definition) is 1. The summed E-state index contributed by atoms with van der Waals surface area (Å²) in [6.07, 6.45) is 9.21. The summed E-state index contributed by atoms with van der Waals surface area (Å²) >= 11 is 0. The molecule has 1 atom stereocenters. The molecule has 0 spiro atoms. The Hall–Kier alpha value is -2.61. The van der Waals surface area contributed by atoms with Crippen LogP contribution in [0.25, 0.3) is 0 Å². The van der Waals surface area contributed by atoms with Crippen molar-refractivity contribution in [1.82, 2.24) is 0 Å². The lowest BCUT2D eigenvalue weighted by atomic mass is 9.74. The number of nitrogens with zero attached hydrogens (tertiary/aromatic N) is 1. The van der Waals surface area contributed by atoms with Crippen molar-refractivity contribution in [3.8, 4) is 0 Å². The molecule has 0 bridgehead atoms. The number of benzene rings is 2. The molecule has 0 radical (unpaired) electrons. The van der Waals surface area contributed by atoms with E-state index in [1.807, 2.05) is 54.6 Å². The fraction of sp³-hybridized carbons (Fsp3) is 0.105. The summed E-state index contributed by atoms with van der Waals surface area (Å²) in [7, 11) is 0. The van der Waals surface area contributed by atoms with E-state index in [1.54, 1.807) is 0 Å². The molecule has 2 N–H and O–H groups in total. The normalized spacial score (nSPS) is 21.4. The Bertz CT molecular complexity index is 684. The number of aliphatic imine (C=N–C) groups is 1. The summed E-state index contributed by atoms with van der Waals surface area (Å²) in [5.41, 5.74) is 8.11. The van der Waals surface area contributed by atoms with Crippen LogP contribution in [-0.2, 0) is 5.41 Å². The maximum atomic E-state index is 6.41. The highest BCUT2D eigenvalue weighted by Gasteiger charge is 2.33. The zero-order chi connectivity index (χ0) is 14.5. The molecule has 0 saturated carbocycles. The van der Waals surface area contributed by atoms with Crippen molar-refractivity contribution in [3.63, 3.8) is 0 Å². The molecule has 1 aliphatic rings. The number of rotatable bonds is 3. The van der Waals surface area contributed by atoms with Gasteiger partial charge in [0, 0.05) is 0 Å². The molecular formula is C19H18N2. The third-order valence-corrected chi connectivity index (χ3v) is 3.82. The average molecular weight is 274 g/mol. The standard InChI is InChI=1S/C19H18N2/c20-18(21-17-12-6-2-7-13-17)19(14-8-3-9-15-19)16-10-4-1-5-11-16/h1-14H,15H2,(H2,20,21). The quantitative estimate of drug-likeness (QED) is 0.663. The van der Waals surface area contributed by atoms with E-state index in [0.29, 0.717) is 5.84 Å². The van der Waals surface area contributed by atoms with E-state index in [2.05, 4.69) is 35.4 Å². The minimum atomic E-state index is -0.355. The van der Waals surface area contributed by atoms with Gasteiger partial charge in [-0.2, -0.15) is 0 Å². The second-order valence-electron chi connectivity index (χ2n) is 5.16. The Morgan fingerprint density at radius 1 is 0.905 bits per heavy atom. The second kappa shape index (κ2) is 5.80. The van der Waals surface area contributed by atoms with E-state index in [9.17, 15) is 0 Å². The molecule has 2 aromatic carbocycles. The first-order valence-corrected chi connectivity index (χ1v) is 7.11. The number of amidine groups is 1. The molecule has 3 rings (SSSR count). The smallest absolute Gasteiger partial charge is 0.115 e. The SMILES string of the molecule is NC(=Nc1ccccc1)C1(c2ccccc2)C=CC=CC1. The van der Waals surface area contributed by atoms with Crippen molar-refractivity contribution in [1.29, 1.82) is 0 Å². The van der Waals surface area contributed by atoms with Crippen LogP contribution in [0.5, 0.6) is 0 Å². The maximum Gasteiger partial charge on any atom is 0.115 e. The van der Waals surface area contributed by atoms with Gasteiger partial charge in [0.05, 0.1) is 11.1 Å². The maximum absolute atomic E-state index is 6.41. The van der Waals surface area contributed by atoms with Crippen molar-refractivity contribution in [3.05, 3.63) is 90.5 Å². The van der Waals surface area contributed by atoms with Gasteiger partial charge in [-0.25, -0.2) is 4.99 Å². The van der Waals surface area contributed by atoms with Gasteiger partial charge in [0.25, 0.3) is 0 Å². The van der Waals surface area contributed by atoms with Gasteiger partial charge in [0.15, 0.2) is 0 Å². The number of nitrogens with two attached hydrogens (primary N) is 1. The van der Waals surface area contributed by atoms with Crippen LogP contribution in [0.4, 0.5) is 5.69 Å². The van der Waals surface area contributed by atoms with E-state index in [1.165, 1.54) is 5.56 Å². The van der Waals surface area contributed by atoms with Crippen LogP contribution in [0, 0.1) is 0 Å². The molecule has 1 unspecified atom stereocenters. The predicted octanol–water partition coefficient (Wildman–Crippen LogP) is 4.13. The summed E-state index contributed by atoms with van der Waals surface area (Å²) in [4.78, 5) is 4.64. The van der Waals surface area contributed by atoms with E-state index < -0.39 is 0 Å². The van der Waals surface area contributed by atoms with Crippen molar-refractivity contribution >= 4 is 11.5 Å². The number of para-hydroxylation sites is 1. The van der Waals surface area contributed by atoms with Gasteiger partial charge in [0.1, 0.15) is 5.84 Å². The highest BCUT2D eigenvalue weighted by atomic mass is 14.9. The Balaban J connectivity index is 2.07. The lowest BCUT2D eigenvalue weighted by molar-refractivity contribution is 0.712. The Morgan fingerprint density at radius 2 is 1.57 bits per heavy atom. The van der Waals surface area contributed by atoms with Crippen molar-refractivity contribution in [2.24, 2.45) is 10.7 Å². The van der Waals surface area contributed by atoms with E-state index in [-0.39, 0.29) is 5.41 Å². The molecular weight excluding hydrogens is 256 g/mol. The van der Waals surface area contributed by atoms with Crippen LogP contribution < -0.4 is 5.73 Å². The molecule has 0 heterocycles. The van der Waals surface area contributed by atoms with Crippen LogP contribution in [0.1, 0.15) is 12.0 Å². The predicted molar refractivity (Wildman–Crippen MR) is 88.7 cm³/mol. The van der Waals surface area contributed by atoms with Gasteiger partial charge in [-0.05, 0) is 24.1 Å². The van der Waals surface area contributed by atoms with Crippen molar-refractivity contribution in [2.45, 2.75) is 11.8 Å². The van der Waals surface area contributed by atoms with Gasteiger partial charge in [-0.1, -0.05) is 72.8 Å². The van der Waals surface area contributed by atoms with E-state index >= 15 is 0 Å². The molecule has 1 aliphatic carbocycles. The molecule has 0 amide bonds. The van der Waals surface area contributed by atoms with Crippen LogP contribution in [0.3, 0.4) is 0 Å². The van der Waals surface area contributed by atoms with Crippen LogP contribution in [-0.4, -0.2) is 5.84 Å². The summed E-state index contributed by atoms with van der Waals surface area (Å²) in [5.74, 6) is 0.625. The summed E-state index contributed by atoms with van der Waals surface area (Å²) < 4.78 is 0. The lowest BCUT2D eigenvalue weighted by Gasteiger charge is -2.31. The van der Waals surface area contributed by atoms with Crippen molar-refractivity contribution in [2.75, 3.05) is 0 Å². The number of allylic oxidation sites excluding steroid dienone is 3. The summed E-state index contributed by atoms with van der Waals surface area (Å²) in [6.45, 7) is 0. The highest BCUT2D eigenvalue weighted by molar-refractivity contribution is 5.96. The van der Waals surface area contributed by atoms with E-state index in [4.69, 9.17) is 5.73 Å².